The van der Waals surface area contributed by atoms with Gasteiger partial charge in [-0.05, 0) is 12.1 Å². The van der Waals surface area contributed by atoms with Gasteiger partial charge in [-0.2, -0.15) is 13.9 Å². The summed E-state index contributed by atoms with van der Waals surface area (Å²) in [5.41, 5.74) is 1.22. The van der Waals surface area contributed by atoms with E-state index < -0.39 is 11.8 Å². The number of para-hydroxylation sites is 1. The molecule has 3 aromatic rings. The molecule has 0 fully saturated rings. The smallest absolute Gasteiger partial charge is 0.308 e. The third-order valence-electron chi connectivity index (χ3n) is 3.65. The third-order valence-corrected chi connectivity index (χ3v) is 3.65. The molecule has 0 bridgehead atoms. The molecule has 0 aliphatic carbocycles. The molecule has 0 aliphatic rings. The van der Waals surface area contributed by atoms with E-state index in [4.69, 9.17) is 0 Å². The minimum atomic E-state index is -3.09. The Kier molecular flexibility index (Phi) is 5.62. The Balaban J connectivity index is 0.00000208. The van der Waals surface area contributed by atoms with Crippen molar-refractivity contribution in [2.75, 3.05) is 0 Å². The number of nitrogens with zero attached hydrogens (tertiary/aromatic N) is 3. The van der Waals surface area contributed by atoms with Crippen molar-refractivity contribution in [2.45, 2.75) is 19.8 Å². The second kappa shape index (κ2) is 7.32. The molecule has 1 heterocycles. The maximum atomic E-state index is 14.6. The summed E-state index contributed by atoms with van der Waals surface area (Å²) in [6, 6.07) is 19.1. The molecule has 0 atom stereocenters. The van der Waals surface area contributed by atoms with Crippen LogP contribution in [0.2, 0.25) is 0 Å². The van der Waals surface area contributed by atoms with Crippen LogP contribution in [0.5, 0.6) is 0 Å². The summed E-state index contributed by atoms with van der Waals surface area (Å²) in [4.78, 5) is 0. The Hall–Kier alpha value is -1.91. The molecule has 3 nitrogen and oxygen atoms in total. The van der Waals surface area contributed by atoms with Crippen molar-refractivity contribution >= 4 is 0 Å². The van der Waals surface area contributed by atoms with Gasteiger partial charge in [-0.15, -0.1) is 41.0 Å². The summed E-state index contributed by atoms with van der Waals surface area (Å²) in [7, 11) is 0. The first-order valence-electron chi connectivity index (χ1n) is 7.38. The predicted octanol–water partition coefficient (Wildman–Crippen LogP) is 4.48. The van der Waals surface area contributed by atoms with Gasteiger partial charge >= 0.3 is 5.92 Å². The fourth-order valence-electron chi connectivity index (χ4n) is 2.29. The van der Waals surface area contributed by atoms with Crippen LogP contribution in [0.4, 0.5) is 8.78 Å². The Labute approximate surface area is 153 Å². The normalized spacial score (nSPS) is 11.4. The fourth-order valence-corrected chi connectivity index (χ4v) is 2.29. The monoisotopic (exact) mass is 505 g/mol. The van der Waals surface area contributed by atoms with E-state index in [-0.39, 0.29) is 25.9 Å². The summed E-state index contributed by atoms with van der Waals surface area (Å²) in [6.45, 7) is 2.94. The van der Waals surface area contributed by atoms with Gasteiger partial charge in [0, 0.05) is 31.7 Å². The Bertz CT molecular complexity index is 787. The summed E-state index contributed by atoms with van der Waals surface area (Å²) >= 11 is 0. The molecule has 24 heavy (non-hydrogen) atoms. The molecule has 0 saturated heterocycles. The van der Waals surface area contributed by atoms with E-state index in [0.717, 1.165) is 0 Å². The van der Waals surface area contributed by atoms with Gasteiger partial charge in [0.2, 0.25) is 0 Å². The minimum absolute atomic E-state index is 0. The zero-order valence-corrected chi connectivity index (χ0v) is 15.6. The summed E-state index contributed by atoms with van der Waals surface area (Å²) in [6.07, 6.45) is 0. The van der Waals surface area contributed by atoms with Crippen molar-refractivity contribution in [2.24, 2.45) is 5.92 Å². The van der Waals surface area contributed by atoms with Crippen LogP contribution in [0.3, 0.4) is 0 Å². The fraction of sp³-hybridized carbons (Fsp3) is 0.222. The number of aromatic nitrogens is 3. The van der Waals surface area contributed by atoms with Crippen LogP contribution in [-0.4, -0.2) is 14.8 Å². The van der Waals surface area contributed by atoms with Crippen LogP contribution in [-0.2, 0) is 26.0 Å². The van der Waals surface area contributed by atoms with Gasteiger partial charge in [0.25, 0.3) is 0 Å². The van der Waals surface area contributed by atoms with E-state index in [1.165, 1.54) is 18.4 Å². The zero-order valence-electron chi connectivity index (χ0n) is 13.2. The van der Waals surface area contributed by atoms with Crippen LogP contribution >= 0.6 is 0 Å². The topological polar surface area (TPSA) is 30.7 Å². The molecular weight excluding hydrogens is 488 g/mol. The maximum absolute atomic E-state index is 14.6. The standard InChI is InChI=1S/C18H16F2N3.Ir/c1-13(2)18(19,20)17-22-21-16(14-9-5-3-6-10-14)23(17)15-11-7-4-8-12-15;/h3-9,11-13H,1-2H3;/q-1;. The van der Waals surface area contributed by atoms with Crippen LogP contribution in [0.1, 0.15) is 19.7 Å². The van der Waals surface area contributed by atoms with Gasteiger partial charge in [0.15, 0.2) is 5.82 Å². The predicted molar refractivity (Wildman–Crippen MR) is 84.4 cm³/mol. The molecule has 0 spiro atoms. The number of hydrogen-bond acceptors (Lipinski definition) is 2. The SMILES string of the molecule is CC(C)C(F)(F)c1nnc(-c2[c-]cccc2)n1-c1ccccc1.[Ir]. The minimum Gasteiger partial charge on any atom is -0.315 e. The van der Waals surface area contributed by atoms with Crippen molar-refractivity contribution in [3.63, 3.8) is 0 Å². The molecule has 0 saturated carbocycles. The Morgan fingerprint density at radius 1 is 1.00 bits per heavy atom. The summed E-state index contributed by atoms with van der Waals surface area (Å²) in [5, 5.41) is 7.82. The number of alkyl halides is 2. The van der Waals surface area contributed by atoms with Gasteiger partial charge in [0.1, 0.15) is 0 Å². The second-order valence-electron chi connectivity index (χ2n) is 5.57. The van der Waals surface area contributed by atoms with Crippen molar-refractivity contribution in [3.8, 4) is 17.1 Å². The van der Waals surface area contributed by atoms with Crippen molar-refractivity contribution in [1.82, 2.24) is 14.8 Å². The zero-order chi connectivity index (χ0) is 16.4. The van der Waals surface area contributed by atoms with Crippen molar-refractivity contribution < 1.29 is 28.9 Å². The Morgan fingerprint density at radius 3 is 2.25 bits per heavy atom. The van der Waals surface area contributed by atoms with E-state index in [9.17, 15) is 8.78 Å². The van der Waals surface area contributed by atoms with Gasteiger partial charge in [-0.3, -0.25) is 0 Å². The number of halogens is 2. The molecule has 0 aliphatic heterocycles. The average Bonchev–Trinajstić information content (AvgIpc) is 3.02. The number of rotatable bonds is 4. The second-order valence-corrected chi connectivity index (χ2v) is 5.57. The Morgan fingerprint density at radius 2 is 1.67 bits per heavy atom. The van der Waals surface area contributed by atoms with Crippen LogP contribution in [0.25, 0.3) is 17.1 Å². The maximum Gasteiger partial charge on any atom is 0.308 e. The van der Waals surface area contributed by atoms with Gasteiger partial charge in [0.05, 0.1) is 5.82 Å². The van der Waals surface area contributed by atoms with Crippen molar-refractivity contribution in [1.29, 1.82) is 0 Å². The van der Waals surface area contributed by atoms with Crippen LogP contribution in [0.15, 0.2) is 54.6 Å². The molecule has 6 heteroatoms. The molecule has 2 aromatic carbocycles. The van der Waals surface area contributed by atoms with Gasteiger partial charge < -0.3 is 4.57 Å². The first kappa shape index (κ1) is 18.4. The van der Waals surface area contributed by atoms with Crippen LogP contribution in [0, 0.1) is 12.0 Å². The molecule has 3 rings (SSSR count). The molecular formula is C18H16F2IrN3-. The number of benzene rings is 2. The van der Waals surface area contributed by atoms with E-state index in [2.05, 4.69) is 16.3 Å². The molecule has 0 N–H and O–H groups in total. The van der Waals surface area contributed by atoms with E-state index in [1.54, 1.807) is 36.4 Å². The van der Waals surface area contributed by atoms with Crippen molar-refractivity contribution in [3.05, 3.63) is 66.5 Å². The molecule has 0 unspecified atom stereocenters. The quantitative estimate of drug-likeness (QED) is 0.491. The number of hydrogen-bond donors (Lipinski definition) is 0. The largest absolute Gasteiger partial charge is 0.315 e. The average molecular weight is 505 g/mol. The summed E-state index contributed by atoms with van der Waals surface area (Å²) in [5.74, 6) is -3.98. The molecule has 1 radical (unpaired) electrons. The van der Waals surface area contributed by atoms with E-state index >= 15 is 0 Å². The van der Waals surface area contributed by atoms with E-state index in [0.29, 0.717) is 17.1 Å². The van der Waals surface area contributed by atoms with Gasteiger partial charge in [-0.1, -0.05) is 32.0 Å². The first-order chi connectivity index (χ1) is 11.0. The molecule has 127 valence electrons. The third kappa shape index (κ3) is 3.30. The molecule has 1 aromatic heterocycles. The summed E-state index contributed by atoms with van der Waals surface area (Å²) < 4.78 is 30.6. The first-order valence-corrected chi connectivity index (χ1v) is 7.38. The molecule has 0 amide bonds. The van der Waals surface area contributed by atoms with E-state index in [1.807, 2.05) is 18.2 Å². The van der Waals surface area contributed by atoms with Gasteiger partial charge in [-0.25, -0.2) is 0 Å². The van der Waals surface area contributed by atoms with Crippen LogP contribution < -0.4 is 0 Å².